The van der Waals surface area contributed by atoms with Crippen molar-refractivity contribution >= 4 is 0 Å². The Hall–Kier alpha value is -0.120. The van der Waals surface area contributed by atoms with Crippen LogP contribution in [0.2, 0.25) is 0 Å². The van der Waals surface area contributed by atoms with Gasteiger partial charge in [0.05, 0.1) is 6.10 Å². The van der Waals surface area contributed by atoms with E-state index in [0.717, 1.165) is 32.2 Å². The second-order valence-corrected chi connectivity index (χ2v) is 6.95. The van der Waals surface area contributed by atoms with Crippen LogP contribution in [-0.4, -0.2) is 49.3 Å². The SMILES string of the molecule is CCN(CC)CC(C)NC1C2CCCOC2C1(C)C. The summed E-state index contributed by atoms with van der Waals surface area (Å²) >= 11 is 0. The average Bonchev–Trinajstić information content (AvgIpc) is 2.42. The predicted octanol–water partition coefficient (Wildman–Crippen LogP) is 2.51. The maximum absolute atomic E-state index is 5.98. The quantitative estimate of drug-likeness (QED) is 0.801. The van der Waals surface area contributed by atoms with Crippen molar-refractivity contribution in [1.29, 1.82) is 0 Å². The Morgan fingerprint density at radius 3 is 2.63 bits per heavy atom. The molecule has 1 N–H and O–H groups in total. The Balaban J connectivity index is 1.88. The van der Waals surface area contributed by atoms with Gasteiger partial charge in [-0.05, 0) is 32.9 Å². The Bertz CT molecular complexity index is 288. The highest BCUT2D eigenvalue weighted by atomic mass is 16.5. The number of hydrogen-bond acceptors (Lipinski definition) is 3. The zero-order valence-corrected chi connectivity index (χ0v) is 13.4. The molecule has 112 valence electrons. The first-order valence-corrected chi connectivity index (χ1v) is 8.10. The van der Waals surface area contributed by atoms with Crippen LogP contribution in [0.4, 0.5) is 0 Å². The maximum Gasteiger partial charge on any atom is 0.0684 e. The highest BCUT2D eigenvalue weighted by Crippen LogP contribution is 2.51. The molecule has 4 atom stereocenters. The number of nitrogens with zero attached hydrogens (tertiary/aromatic N) is 1. The van der Waals surface area contributed by atoms with Crippen molar-refractivity contribution in [3.8, 4) is 0 Å². The van der Waals surface area contributed by atoms with E-state index >= 15 is 0 Å². The van der Waals surface area contributed by atoms with E-state index in [0.29, 0.717) is 23.6 Å². The first-order valence-electron chi connectivity index (χ1n) is 8.10. The van der Waals surface area contributed by atoms with E-state index in [2.05, 4.69) is 44.8 Å². The summed E-state index contributed by atoms with van der Waals surface area (Å²) in [5, 5.41) is 3.88. The molecule has 1 aliphatic heterocycles. The topological polar surface area (TPSA) is 24.5 Å². The fourth-order valence-corrected chi connectivity index (χ4v) is 4.09. The minimum atomic E-state index is 0.294. The molecule has 3 heteroatoms. The van der Waals surface area contributed by atoms with Crippen LogP contribution in [0.25, 0.3) is 0 Å². The van der Waals surface area contributed by atoms with Crippen LogP contribution in [0.5, 0.6) is 0 Å². The number of nitrogens with one attached hydrogen (secondary N) is 1. The third-order valence-corrected chi connectivity index (χ3v) is 5.22. The lowest BCUT2D eigenvalue weighted by Crippen LogP contribution is -2.70. The van der Waals surface area contributed by atoms with E-state index in [9.17, 15) is 0 Å². The van der Waals surface area contributed by atoms with Gasteiger partial charge in [-0.3, -0.25) is 0 Å². The Labute approximate surface area is 119 Å². The summed E-state index contributed by atoms with van der Waals surface area (Å²) < 4.78 is 5.98. The normalized spacial score (nSPS) is 34.7. The molecule has 1 aliphatic carbocycles. The largest absolute Gasteiger partial charge is 0.377 e. The number of likely N-dealkylation sites (N-methyl/N-ethyl adjacent to an activating group) is 1. The lowest BCUT2D eigenvalue weighted by atomic mass is 9.55. The van der Waals surface area contributed by atoms with E-state index < -0.39 is 0 Å². The second kappa shape index (κ2) is 6.11. The molecule has 0 aromatic heterocycles. The maximum atomic E-state index is 5.98. The molecule has 0 aromatic carbocycles. The van der Waals surface area contributed by atoms with Gasteiger partial charge in [-0.25, -0.2) is 0 Å². The molecule has 0 amide bonds. The molecule has 0 bridgehead atoms. The molecule has 1 heterocycles. The second-order valence-electron chi connectivity index (χ2n) is 6.95. The van der Waals surface area contributed by atoms with Crippen LogP contribution in [0.15, 0.2) is 0 Å². The van der Waals surface area contributed by atoms with Crippen molar-refractivity contribution in [3.63, 3.8) is 0 Å². The fourth-order valence-electron chi connectivity index (χ4n) is 4.09. The lowest BCUT2D eigenvalue weighted by molar-refractivity contribution is -0.194. The standard InChI is InChI=1S/C16H32N2O/c1-6-18(7-2)11-12(3)17-14-13-9-8-10-19-15(13)16(14,4)5/h12-15,17H,6-11H2,1-5H3. The van der Waals surface area contributed by atoms with Gasteiger partial charge in [0.15, 0.2) is 0 Å². The van der Waals surface area contributed by atoms with Gasteiger partial charge in [-0.15, -0.1) is 0 Å². The smallest absolute Gasteiger partial charge is 0.0684 e. The summed E-state index contributed by atoms with van der Waals surface area (Å²) in [6.07, 6.45) is 3.06. The van der Waals surface area contributed by atoms with Crippen molar-refractivity contribution in [1.82, 2.24) is 10.2 Å². The van der Waals surface area contributed by atoms with Crippen LogP contribution in [0.3, 0.4) is 0 Å². The van der Waals surface area contributed by atoms with E-state index in [1.54, 1.807) is 0 Å². The number of fused-ring (bicyclic) bond motifs is 1. The summed E-state index contributed by atoms with van der Waals surface area (Å²) in [5.41, 5.74) is 0.294. The first kappa shape index (κ1) is 15.3. The molecule has 0 radical (unpaired) electrons. The summed E-state index contributed by atoms with van der Waals surface area (Å²) in [6.45, 7) is 15.9. The summed E-state index contributed by atoms with van der Waals surface area (Å²) in [4.78, 5) is 2.50. The van der Waals surface area contributed by atoms with Gasteiger partial charge >= 0.3 is 0 Å². The minimum absolute atomic E-state index is 0.294. The zero-order chi connectivity index (χ0) is 14.0. The highest BCUT2D eigenvalue weighted by Gasteiger charge is 2.57. The Morgan fingerprint density at radius 2 is 2.00 bits per heavy atom. The molecule has 0 aromatic rings. The van der Waals surface area contributed by atoms with Gasteiger partial charge in [-0.2, -0.15) is 0 Å². The Kier molecular flexibility index (Phi) is 4.91. The van der Waals surface area contributed by atoms with Gasteiger partial charge in [0.1, 0.15) is 0 Å². The monoisotopic (exact) mass is 268 g/mol. The Morgan fingerprint density at radius 1 is 1.32 bits per heavy atom. The first-order chi connectivity index (χ1) is 9.00. The molecule has 1 saturated heterocycles. The highest BCUT2D eigenvalue weighted by molar-refractivity contribution is 5.10. The van der Waals surface area contributed by atoms with Crippen molar-refractivity contribution in [2.75, 3.05) is 26.2 Å². The molecule has 0 spiro atoms. The van der Waals surface area contributed by atoms with Crippen molar-refractivity contribution in [3.05, 3.63) is 0 Å². The van der Waals surface area contributed by atoms with Crippen LogP contribution in [0.1, 0.15) is 47.5 Å². The molecule has 1 saturated carbocycles. The van der Waals surface area contributed by atoms with Gasteiger partial charge in [0.25, 0.3) is 0 Å². The van der Waals surface area contributed by atoms with E-state index in [1.807, 2.05) is 0 Å². The zero-order valence-electron chi connectivity index (χ0n) is 13.4. The van der Waals surface area contributed by atoms with Gasteiger partial charge in [0.2, 0.25) is 0 Å². The van der Waals surface area contributed by atoms with Crippen LogP contribution >= 0.6 is 0 Å². The number of hydrogen-bond donors (Lipinski definition) is 1. The molecule has 2 rings (SSSR count). The summed E-state index contributed by atoms with van der Waals surface area (Å²) in [6, 6.07) is 1.19. The molecule has 4 unspecified atom stereocenters. The third kappa shape index (κ3) is 2.98. The van der Waals surface area contributed by atoms with E-state index in [-0.39, 0.29) is 0 Å². The molecule has 19 heavy (non-hydrogen) atoms. The number of rotatable bonds is 6. The van der Waals surface area contributed by atoms with Crippen LogP contribution < -0.4 is 5.32 Å². The average molecular weight is 268 g/mol. The molecule has 2 fully saturated rings. The molecule has 2 aliphatic rings. The van der Waals surface area contributed by atoms with Gasteiger partial charge in [-0.1, -0.05) is 27.7 Å². The minimum Gasteiger partial charge on any atom is -0.377 e. The molecule has 3 nitrogen and oxygen atoms in total. The van der Waals surface area contributed by atoms with Crippen molar-refractivity contribution in [2.24, 2.45) is 11.3 Å². The lowest BCUT2D eigenvalue weighted by Gasteiger charge is -2.60. The van der Waals surface area contributed by atoms with Crippen LogP contribution in [-0.2, 0) is 4.74 Å². The van der Waals surface area contributed by atoms with Gasteiger partial charge < -0.3 is 15.0 Å². The van der Waals surface area contributed by atoms with E-state index in [1.165, 1.54) is 12.8 Å². The summed E-state index contributed by atoms with van der Waals surface area (Å²) in [7, 11) is 0. The predicted molar refractivity (Wildman–Crippen MR) is 80.4 cm³/mol. The summed E-state index contributed by atoms with van der Waals surface area (Å²) in [5.74, 6) is 0.739. The fraction of sp³-hybridized carbons (Fsp3) is 1.00. The van der Waals surface area contributed by atoms with Crippen LogP contribution in [0, 0.1) is 11.3 Å². The van der Waals surface area contributed by atoms with Crippen molar-refractivity contribution < 1.29 is 4.74 Å². The van der Waals surface area contributed by atoms with Crippen molar-refractivity contribution in [2.45, 2.75) is 65.6 Å². The van der Waals surface area contributed by atoms with Gasteiger partial charge in [0, 0.05) is 36.6 Å². The van der Waals surface area contributed by atoms with E-state index in [4.69, 9.17) is 4.74 Å². The number of ether oxygens (including phenoxy) is 1. The molecular formula is C16H32N2O. The third-order valence-electron chi connectivity index (χ3n) is 5.22. The molecular weight excluding hydrogens is 236 g/mol.